The first kappa shape index (κ1) is 11.1. The predicted molar refractivity (Wildman–Crippen MR) is 58.0 cm³/mol. The van der Waals surface area contributed by atoms with E-state index < -0.39 is 0 Å². The third kappa shape index (κ3) is 4.32. The van der Waals surface area contributed by atoms with E-state index >= 15 is 0 Å². The van der Waals surface area contributed by atoms with Crippen molar-refractivity contribution in [2.45, 2.75) is 25.6 Å². The van der Waals surface area contributed by atoms with Crippen LogP contribution in [0.1, 0.15) is 19.7 Å². The molecule has 5 heteroatoms. The minimum atomic E-state index is 0.0556. The number of hydrogen-bond donors (Lipinski definition) is 2. The molecule has 0 unspecified atom stereocenters. The molecule has 1 amide bonds. The number of thioether (sulfide) groups is 1. The maximum Gasteiger partial charge on any atom is 0.230 e. The number of aromatic nitrogens is 2. The number of amides is 1. The Morgan fingerprint density at radius 2 is 2.50 bits per heavy atom. The van der Waals surface area contributed by atoms with Gasteiger partial charge in [-0.3, -0.25) is 4.79 Å². The van der Waals surface area contributed by atoms with Gasteiger partial charge in [0, 0.05) is 12.4 Å². The van der Waals surface area contributed by atoms with E-state index in [2.05, 4.69) is 29.1 Å². The molecule has 2 N–H and O–H groups in total. The molecule has 0 aliphatic rings. The van der Waals surface area contributed by atoms with Gasteiger partial charge < -0.3 is 10.3 Å². The first-order valence-corrected chi connectivity index (χ1v) is 5.60. The lowest BCUT2D eigenvalue weighted by atomic mass is 10.5. The van der Waals surface area contributed by atoms with Crippen LogP contribution in [-0.2, 0) is 11.3 Å². The predicted octanol–water partition coefficient (Wildman–Crippen LogP) is 1.17. The number of imidazole rings is 1. The molecule has 1 aromatic rings. The van der Waals surface area contributed by atoms with E-state index in [0.29, 0.717) is 17.5 Å². The fraction of sp³-hybridized carbons (Fsp3) is 0.556. The van der Waals surface area contributed by atoms with Gasteiger partial charge in [0.15, 0.2) is 0 Å². The highest BCUT2D eigenvalue weighted by Gasteiger charge is 2.03. The Labute approximate surface area is 87.9 Å². The van der Waals surface area contributed by atoms with E-state index in [1.54, 1.807) is 24.2 Å². The fourth-order valence-electron chi connectivity index (χ4n) is 0.870. The second-order valence-electron chi connectivity index (χ2n) is 3.17. The van der Waals surface area contributed by atoms with Crippen molar-refractivity contribution in [3.63, 3.8) is 0 Å². The topological polar surface area (TPSA) is 57.8 Å². The summed E-state index contributed by atoms with van der Waals surface area (Å²) in [4.78, 5) is 18.2. The third-order valence-corrected chi connectivity index (χ3v) is 2.65. The van der Waals surface area contributed by atoms with Crippen molar-refractivity contribution in [1.29, 1.82) is 0 Å². The zero-order chi connectivity index (χ0) is 10.4. The van der Waals surface area contributed by atoms with Crippen LogP contribution in [-0.4, -0.2) is 26.9 Å². The maximum atomic E-state index is 11.3. The molecule has 1 heterocycles. The summed E-state index contributed by atoms with van der Waals surface area (Å²) in [6, 6.07) is 0. The molecule has 78 valence electrons. The van der Waals surface area contributed by atoms with Crippen LogP contribution in [0.3, 0.4) is 0 Å². The number of aromatic amines is 1. The smallest absolute Gasteiger partial charge is 0.230 e. The molecule has 0 bridgehead atoms. The van der Waals surface area contributed by atoms with E-state index in [1.807, 2.05) is 0 Å². The molecular formula is C9H15N3OS. The van der Waals surface area contributed by atoms with Crippen LogP contribution in [0.15, 0.2) is 12.4 Å². The second-order valence-corrected chi connectivity index (χ2v) is 4.74. The third-order valence-electron chi connectivity index (χ3n) is 1.56. The van der Waals surface area contributed by atoms with E-state index in [-0.39, 0.29) is 5.91 Å². The van der Waals surface area contributed by atoms with Gasteiger partial charge in [-0.1, -0.05) is 13.8 Å². The van der Waals surface area contributed by atoms with Crippen LogP contribution in [0.2, 0.25) is 0 Å². The summed E-state index contributed by atoms with van der Waals surface area (Å²) in [7, 11) is 0. The molecule has 4 nitrogen and oxygen atoms in total. The van der Waals surface area contributed by atoms with Gasteiger partial charge >= 0.3 is 0 Å². The van der Waals surface area contributed by atoms with Gasteiger partial charge in [-0.25, -0.2) is 4.98 Å². The van der Waals surface area contributed by atoms with Crippen LogP contribution in [0.4, 0.5) is 0 Å². The number of hydrogen-bond acceptors (Lipinski definition) is 3. The quantitative estimate of drug-likeness (QED) is 0.772. The molecule has 0 saturated heterocycles. The van der Waals surface area contributed by atoms with E-state index in [0.717, 1.165) is 5.82 Å². The summed E-state index contributed by atoms with van der Waals surface area (Å²) in [6.45, 7) is 4.62. The van der Waals surface area contributed by atoms with Crippen molar-refractivity contribution in [3.8, 4) is 0 Å². The highest BCUT2D eigenvalue weighted by atomic mass is 32.2. The van der Waals surface area contributed by atoms with Crippen LogP contribution in [0.5, 0.6) is 0 Å². The van der Waals surface area contributed by atoms with Crippen LogP contribution in [0.25, 0.3) is 0 Å². The molecule has 0 aliphatic heterocycles. The SMILES string of the molecule is CC(C)SCC(=O)NCc1ncc[nH]1. The number of nitrogens with one attached hydrogen (secondary N) is 2. The molecule has 0 aliphatic carbocycles. The molecule has 0 atom stereocenters. The van der Waals surface area contributed by atoms with Crippen molar-refractivity contribution in [1.82, 2.24) is 15.3 Å². The van der Waals surface area contributed by atoms with Crippen molar-refractivity contribution in [2.75, 3.05) is 5.75 Å². The van der Waals surface area contributed by atoms with Gasteiger partial charge in [0.25, 0.3) is 0 Å². The lowest BCUT2D eigenvalue weighted by molar-refractivity contribution is -0.118. The first-order valence-electron chi connectivity index (χ1n) is 4.55. The molecule has 1 rings (SSSR count). The van der Waals surface area contributed by atoms with Crippen LogP contribution < -0.4 is 5.32 Å². The molecule has 0 radical (unpaired) electrons. The average Bonchev–Trinajstić information content (AvgIpc) is 2.63. The average molecular weight is 213 g/mol. The van der Waals surface area contributed by atoms with E-state index in [4.69, 9.17) is 0 Å². The monoisotopic (exact) mass is 213 g/mol. The van der Waals surface area contributed by atoms with Crippen molar-refractivity contribution < 1.29 is 4.79 Å². The van der Waals surface area contributed by atoms with Gasteiger partial charge in [0.05, 0.1) is 12.3 Å². The molecule has 0 saturated carbocycles. The number of rotatable bonds is 5. The van der Waals surface area contributed by atoms with Gasteiger partial charge in [-0.2, -0.15) is 0 Å². The van der Waals surface area contributed by atoms with E-state index in [1.165, 1.54) is 0 Å². The minimum absolute atomic E-state index is 0.0556. The molecule has 1 aromatic heterocycles. The highest BCUT2D eigenvalue weighted by Crippen LogP contribution is 2.07. The highest BCUT2D eigenvalue weighted by molar-refractivity contribution is 8.00. The molecule has 14 heavy (non-hydrogen) atoms. The maximum absolute atomic E-state index is 11.3. The number of H-pyrrole nitrogens is 1. The Hall–Kier alpha value is -0.970. The summed E-state index contributed by atoms with van der Waals surface area (Å²) >= 11 is 1.63. The van der Waals surface area contributed by atoms with Crippen molar-refractivity contribution in [2.24, 2.45) is 0 Å². The lowest BCUT2D eigenvalue weighted by Gasteiger charge is -2.05. The Bertz CT molecular complexity index is 272. The number of carbonyl (C=O) groups is 1. The molecule has 0 spiro atoms. The Morgan fingerprint density at radius 3 is 3.07 bits per heavy atom. The van der Waals surface area contributed by atoms with E-state index in [9.17, 15) is 4.79 Å². The summed E-state index contributed by atoms with van der Waals surface area (Å²) in [6.07, 6.45) is 3.41. The normalized spacial score (nSPS) is 10.5. The second kappa shape index (κ2) is 5.70. The largest absolute Gasteiger partial charge is 0.348 e. The summed E-state index contributed by atoms with van der Waals surface area (Å²) in [5, 5.41) is 3.28. The van der Waals surface area contributed by atoms with Gasteiger partial charge in [-0.15, -0.1) is 11.8 Å². The molecule has 0 fully saturated rings. The zero-order valence-electron chi connectivity index (χ0n) is 8.41. The van der Waals surface area contributed by atoms with Gasteiger partial charge in [0.1, 0.15) is 5.82 Å². The minimum Gasteiger partial charge on any atom is -0.348 e. The summed E-state index contributed by atoms with van der Waals surface area (Å²) in [5.74, 6) is 1.35. The van der Waals surface area contributed by atoms with Gasteiger partial charge in [0.2, 0.25) is 5.91 Å². The first-order chi connectivity index (χ1) is 6.68. The Kier molecular flexibility index (Phi) is 4.52. The lowest BCUT2D eigenvalue weighted by Crippen LogP contribution is -2.25. The Balaban J connectivity index is 2.15. The summed E-state index contributed by atoms with van der Waals surface area (Å²) in [5.41, 5.74) is 0. The van der Waals surface area contributed by atoms with Crippen molar-refractivity contribution in [3.05, 3.63) is 18.2 Å². The summed E-state index contributed by atoms with van der Waals surface area (Å²) < 4.78 is 0. The zero-order valence-corrected chi connectivity index (χ0v) is 9.23. The fourth-order valence-corrected chi connectivity index (χ4v) is 1.46. The van der Waals surface area contributed by atoms with Gasteiger partial charge in [-0.05, 0) is 5.25 Å². The molecular weight excluding hydrogens is 198 g/mol. The number of carbonyl (C=O) groups excluding carboxylic acids is 1. The molecule has 0 aromatic carbocycles. The standard InChI is InChI=1S/C9H15N3OS/c1-7(2)14-6-9(13)12-5-8-10-3-4-11-8/h3-4,7H,5-6H2,1-2H3,(H,10,11)(H,12,13). The number of nitrogens with zero attached hydrogens (tertiary/aromatic N) is 1. The van der Waals surface area contributed by atoms with Crippen LogP contribution >= 0.6 is 11.8 Å². The Morgan fingerprint density at radius 1 is 1.71 bits per heavy atom. The van der Waals surface area contributed by atoms with Crippen molar-refractivity contribution >= 4 is 17.7 Å². The van der Waals surface area contributed by atoms with Crippen LogP contribution in [0, 0.1) is 0 Å².